The number of carbonyl (C=O) groups excluding carboxylic acids is 2. The molecule has 2 aliphatic heterocycles. The van der Waals surface area contributed by atoms with Crippen LogP contribution >= 0.6 is 31.9 Å². The van der Waals surface area contributed by atoms with Gasteiger partial charge >= 0.3 is 11.9 Å². The monoisotopic (exact) mass is 606 g/mol. The molecule has 186 valence electrons. The number of methoxy groups -OCH3 is 2. The lowest BCUT2D eigenvalue weighted by Crippen LogP contribution is -2.29. The number of fused-ring (bicyclic) bond motifs is 2. The summed E-state index contributed by atoms with van der Waals surface area (Å²) in [5.74, 6) is -1.63. The molecule has 1 atom stereocenters. The highest BCUT2D eigenvalue weighted by Gasteiger charge is 2.29. The number of hydrogen-bond acceptors (Lipinski definition) is 6. The first-order valence-electron chi connectivity index (χ1n) is 9.34. The molecule has 0 aliphatic carbocycles. The van der Waals surface area contributed by atoms with E-state index in [1.54, 1.807) is 30.3 Å². The average Bonchev–Trinajstić information content (AvgIpc) is 2.82. The van der Waals surface area contributed by atoms with E-state index >= 15 is 0 Å². The van der Waals surface area contributed by atoms with Gasteiger partial charge in [0.1, 0.15) is 13.2 Å². The summed E-state index contributed by atoms with van der Waals surface area (Å²) in [6.07, 6.45) is 2.02. The number of ether oxygens (including phenoxy) is 4. The summed E-state index contributed by atoms with van der Waals surface area (Å²) >= 11 is 6.15. The molecule has 2 aromatic rings. The Morgan fingerprint density at radius 3 is 2.18 bits per heavy atom. The van der Waals surface area contributed by atoms with Gasteiger partial charge < -0.3 is 18.9 Å². The Hall–Kier alpha value is -2.46. The van der Waals surface area contributed by atoms with E-state index in [2.05, 4.69) is 41.3 Å². The van der Waals surface area contributed by atoms with Gasteiger partial charge in [-0.1, -0.05) is 20.9 Å². The van der Waals surface area contributed by atoms with Crippen molar-refractivity contribution in [1.29, 1.82) is 0 Å². The zero-order valence-electron chi connectivity index (χ0n) is 17.0. The quantitative estimate of drug-likeness (QED) is 0.383. The van der Waals surface area contributed by atoms with Crippen LogP contribution in [0, 0.1) is 17.6 Å². The van der Waals surface area contributed by atoms with E-state index in [0.717, 1.165) is 0 Å². The molecule has 2 aromatic carbocycles. The molecule has 4 rings (SSSR count). The minimum absolute atomic E-state index is 0. The van der Waals surface area contributed by atoms with Gasteiger partial charge in [-0.25, -0.2) is 13.6 Å². The van der Waals surface area contributed by atoms with Crippen LogP contribution in [-0.2, 0) is 25.5 Å². The van der Waals surface area contributed by atoms with Crippen molar-refractivity contribution in [1.82, 2.24) is 0 Å². The minimum Gasteiger partial charge on any atom is -0.489 e. The van der Waals surface area contributed by atoms with Gasteiger partial charge in [-0.15, -0.1) is 0 Å². The summed E-state index contributed by atoms with van der Waals surface area (Å²) in [6.45, 7) is 0.181. The van der Waals surface area contributed by atoms with Crippen molar-refractivity contribution < 1.29 is 37.3 Å². The normalized spacial score (nSPS) is 15.1. The Balaban J connectivity index is 0.000000321. The van der Waals surface area contributed by atoms with Gasteiger partial charge in [-0.05, 0) is 68.1 Å². The van der Waals surface area contributed by atoms with Crippen molar-refractivity contribution in [2.45, 2.75) is 21.3 Å². The van der Waals surface area contributed by atoms with Crippen molar-refractivity contribution in [3.05, 3.63) is 61.5 Å². The van der Waals surface area contributed by atoms with E-state index in [-0.39, 0.29) is 51.5 Å². The van der Waals surface area contributed by atoms with Crippen LogP contribution in [0.15, 0.2) is 38.8 Å². The second kappa shape index (κ2) is 12.9. The molecule has 0 saturated carbocycles. The fraction of sp³-hybridized carbons (Fsp3) is 0.333. The maximum absolute atomic E-state index is 13.6. The van der Waals surface area contributed by atoms with Crippen LogP contribution in [0.1, 0.15) is 26.0 Å². The van der Waals surface area contributed by atoms with E-state index in [9.17, 15) is 18.4 Å². The zero-order chi connectivity index (χ0) is 23.4. The lowest BCUT2D eigenvalue weighted by molar-refractivity contribution is -0.146. The van der Waals surface area contributed by atoms with Crippen LogP contribution in [0.3, 0.4) is 0 Å². The van der Waals surface area contributed by atoms with E-state index in [4.69, 9.17) is 9.47 Å². The van der Waals surface area contributed by atoms with Crippen LogP contribution < -0.4 is 9.47 Å². The predicted molar refractivity (Wildman–Crippen MR) is 132 cm³/mol. The lowest BCUT2D eigenvalue weighted by Gasteiger charge is -2.24. The molecule has 34 heavy (non-hydrogen) atoms. The summed E-state index contributed by atoms with van der Waals surface area (Å²) < 4.78 is 47.5. The topological polar surface area (TPSA) is 71.1 Å². The van der Waals surface area contributed by atoms with Gasteiger partial charge in [0.2, 0.25) is 0 Å². The van der Waals surface area contributed by atoms with Crippen molar-refractivity contribution >= 4 is 49.9 Å². The summed E-state index contributed by atoms with van der Waals surface area (Å²) in [7, 11) is 2.63. The molecule has 6 nitrogen and oxygen atoms in total. The Labute approximate surface area is 214 Å². The van der Waals surface area contributed by atoms with Crippen molar-refractivity contribution in [2.24, 2.45) is 5.92 Å². The van der Waals surface area contributed by atoms with E-state index < -0.39 is 17.6 Å². The second-order valence-corrected chi connectivity index (χ2v) is 8.52. The number of carbonyl (C=O) groups is 2. The molecule has 1 unspecified atom stereocenters. The first-order valence-corrected chi connectivity index (χ1v) is 10.9. The summed E-state index contributed by atoms with van der Waals surface area (Å²) in [5.41, 5.74) is 1.60. The van der Waals surface area contributed by atoms with Gasteiger partial charge in [0.05, 0.1) is 34.7 Å². The molecule has 0 radical (unpaired) electrons. The predicted octanol–water partition coefficient (Wildman–Crippen LogP) is 6.12. The van der Waals surface area contributed by atoms with Gasteiger partial charge in [0.15, 0.2) is 23.1 Å². The fourth-order valence-electron chi connectivity index (χ4n) is 3.15. The standard InChI is InChI=1S/C11H10BrFO3.C11H8BrFO3.2CH4/c2*1-15-11(14)7-4-6-2-3-8(12)9(13)10(6)16-5-7;;/h2-3,7H,4-5H2,1H3;2-4H,5H2,1H3;2*1H4. The first kappa shape index (κ1) is 29.6. The van der Waals surface area contributed by atoms with Gasteiger partial charge in [-0.3, -0.25) is 4.79 Å². The number of rotatable bonds is 2. The molecule has 2 aliphatic rings. The summed E-state index contributed by atoms with van der Waals surface area (Å²) in [6, 6.07) is 6.59. The second-order valence-electron chi connectivity index (χ2n) is 6.81. The Bertz CT molecular complexity index is 1090. The van der Waals surface area contributed by atoms with Crippen molar-refractivity contribution in [2.75, 3.05) is 27.4 Å². The van der Waals surface area contributed by atoms with Crippen LogP contribution in [0.2, 0.25) is 0 Å². The van der Waals surface area contributed by atoms with Crippen molar-refractivity contribution in [3.8, 4) is 11.5 Å². The van der Waals surface area contributed by atoms with Gasteiger partial charge in [0.25, 0.3) is 0 Å². The highest BCUT2D eigenvalue weighted by Crippen LogP contribution is 2.35. The van der Waals surface area contributed by atoms with Crippen LogP contribution in [0.5, 0.6) is 11.5 Å². The number of benzene rings is 2. The first-order chi connectivity index (χ1) is 15.3. The molecule has 0 fully saturated rings. The molecule has 0 amide bonds. The lowest BCUT2D eigenvalue weighted by atomic mass is 9.97. The van der Waals surface area contributed by atoms with Gasteiger partial charge in [-0.2, -0.15) is 0 Å². The molecule has 0 bridgehead atoms. The Kier molecular flexibility index (Phi) is 11.2. The van der Waals surface area contributed by atoms with Gasteiger partial charge in [0, 0.05) is 5.56 Å². The Morgan fingerprint density at radius 2 is 1.56 bits per heavy atom. The highest BCUT2D eigenvalue weighted by atomic mass is 79.9. The number of hydrogen-bond donors (Lipinski definition) is 0. The molecule has 0 N–H and O–H groups in total. The van der Waals surface area contributed by atoms with Crippen LogP contribution in [0.4, 0.5) is 8.78 Å². The maximum atomic E-state index is 13.6. The molecule has 0 aromatic heterocycles. The van der Waals surface area contributed by atoms with E-state index in [1.165, 1.54) is 14.2 Å². The largest absolute Gasteiger partial charge is 0.489 e. The van der Waals surface area contributed by atoms with E-state index in [1.807, 2.05) is 0 Å². The molecule has 0 saturated heterocycles. The zero-order valence-corrected chi connectivity index (χ0v) is 20.2. The third-order valence-corrected chi connectivity index (χ3v) is 6.02. The average molecular weight is 608 g/mol. The van der Waals surface area contributed by atoms with Crippen molar-refractivity contribution in [3.63, 3.8) is 0 Å². The third kappa shape index (κ3) is 6.35. The molecular formula is C24H26Br2F2O6. The number of halogens is 4. The SMILES string of the molecule is C.C.COC(=O)C1=Cc2ccc(Br)c(F)c2OC1.COC(=O)C1COc2c(ccc(Br)c2F)C1. The minimum atomic E-state index is -0.464. The fourth-order valence-corrected chi connectivity index (χ4v) is 3.78. The smallest absolute Gasteiger partial charge is 0.337 e. The summed E-state index contributed by atoms with van der Waals surface area (Å²) in [4.78, 5) is 22.6. The number of esters is 2. The van der Waals surface area contributed by atoms with Crippen LogP contribution in [0.25, 0.3) is 6.08 Å². The molecule has 2 heterocycles. The maximum Gasteiger partial charge on any atom is 0.337 e. The molecule has 10 heteroatoms. The summed E-state index contributed by atoms with van der Waals surface area (Å²) in [5, 5.41) is 0. The van der Waals surface area contributed by atoms with Crippen LogP contribution in [-0.4, -0.2) is 39.4 Å². The molecular weight excluding hydrogens is 582 g/mol. The highest BCUT2D eigenvalue weighted by molar-refractivity contribution is 9.10. The molecule has 0 spiro atoms. The Morgan fingerprint density at radius 1 is 0.941 bits per heavy atom. The third-order valence-electron chi connectivity index (χ3n) is 4.79. The van der Waals surface area contributed by atoms with E-state index in [0.29, 0.717) is 32.1 Å².